The van der Waals surface area contributed by atoms with Crippen molar-refractivity contribution < 1.29 is 14.7 Å². The number of carbonyl (C=O) groups is 2. The van der Waals surface area contributed by atoms with Crippen molar-refractivity contribution in [3.63, 3.8) is 0 Å². The third-order valence-corrected chi connectivity index (χ3v) is 4.70. The minimum Gasteiger partial charge on any atom is -0.477 e. The number of carboxylic acid groups (broad SMARTS) is 1. The van der Waals surface area contributed by atoms with Gasteiger partial charge in [-0.25, -0.2) is 4.79 Å². The Morgan fingerprint density at radius 1 is 1.47 bits per heavy atom. The van der Waals surface area contributed by atoms with Crippen LogP contribution in [0.3, 0.4) is 0 Å². The van der Waals surface area contributed by atoms with E-state index in [2.05, 4.69) is 4.90 Å². The lowest BCUT2D eigenvalue weighted by molar-refractivity contribution is -0.123. The van der Waals surface area contributed by atoms with Crippen molar-refractivity contribution in [2.24, 2.45) is 11.7 Å². The number of hydrogen-bond donors (Lipinski definition) is 2. The summed E-state index contributed by atoms with van der Waals surface area (Å²) < 4.78 is 0. The third kappa shape index (κ3) is 3.33. The topological polar surface area (TPSA) is 83.6 Å². The average Bonchev–Trinajstić information content (AvgIpc) is 2.72. The summed E-state index contributed by atoms with van der Waals surface area (Å²) in [4.78, 5) is 25.7. The molecule has 1 saturated heterocycles. The van der Waals surface area contributed by atoms with Crippen molar-refractivity contribution in [3.8, 4) is 0 Å². The molecule has 1 fully saturated rings. The third-order valence-electron chi connectivity index (χ3n) is 3.62. The lowest BCUT2D eigenvalue weighted by Gasteiger charge is -2.30. The minimum absolute atomic E-state index is 0.00518. The number of thiophene rings is 1. The van der Waals surface area contributed by atoms with Gasteiger partial charge in [-0.15, -0.1) is 11.3 Å². The molecule has 1 aliphatic heterocycles. The summed E-state index contributed by atoms with van der Waals surface area (Å²) in [6.07, 6.45) is 1.59. The number of aromatic carboxylic acids is 1. The summed E-state index contributed by atoms with van der Waals surface area (Å²) in [6, 6.07) is 1.75. The summed E-state index contributed by atoms with van der Waals surface area (Å²) >= 11 is 1.32. The van der Waals surface area contributed by atoms with Gasteiger partial charge in [-0.2, -0.15) is 0 Å². The highest BCUT2D eigenvalue weighted by atomic mass is 32.1. The highest BCUT2D eigenvalue weighted by molar-refractivity contribution is 7.14. The largest absolute Gasteiger partial charge is 0.477 e. The molecule has 0 spiro atoms. The molecule has 0 bridgehead atoms. The van der Waals surface area contributed by atoms with Gasteiger partial charge in [0, 0.05) is 17.3 Å². The molecule has 1 amide bonds. The van der Waals surface area contributed by atoms with Crippen LogP contribution in [0.25, 0.3) is 0 Å². The second-order valence-electron chi connectivity index (χ2n) is 4.95. The Morgan fingerprint density at radius 3 is 2.58 bits per heavy atom. The van der Waals surface area contributed by atoms with Crippen LogP contribution in [0.2, 0.25) is 0 Å². The van der Waals surface area contributed by atoms with E-state index in [1.165, 1.54) is 11.3 Å². The van der Waals surface area contributed by atoms with E-state index in [4.69, 9.17) is 10.8 Å². The molecule has 2 heterocycles. The van der Waals surface area contributed by atoms with Crippen LogP contribution in [-0.2, 0) is 11.3 Å². The number of aryl methyl sites for hydroxylation is 1. The highest BCUT2D eigenvalue weighted by Gasteiger charge is 2.23. The van der Waals surface area contributed by atoms with E-state index in [9.17, 15) is 9.59 Å². The smallest absolute Gasteiger partial charge is 0.345 e. The van der Waals surface area contributed by atoms with Crippen LogP contribution in [0.1, 0.15) is 33.0 Å². The van der Waals surface area contributed by atoms with E-state index < -0.39 is 5.97 Å². The number of likely N-dealkylation sites (tertiary alicyclic amines) is 1. The van der Waals surface area contributed by atoms with Crippen LogP contribution < -0.4 is 5.73 Å². The van der Waals surface area contributed by atoms with Gasteiger partial charge in [-0.05, 0) is 44.5 Å². The summed E-state index contributed by atoms with van der Waals surface area (Å²) in [5.41, 5.74) is 6.37. The fourth-order valence-electron chi connectivity index (χ4n) is 2.40. The monoisotopic (exact) mass is 282 g/mol. The number of carboxylic acids is 1. The Bertz CT molecular complexity index is 490. The van der Waals surface area contributed by atoms with Crippen LogP contribution in [0.5, 0.6) is 0 Å². The standard InChI is InChI=1S/C13H18N2O3S/c1-8-10(6-11(19-8)13(17)18)7-15-4-2-9(3-5-15)12(14)16/h6,9H,2-5,7H2,1H3,(H2,14,16)(H,17,18). The highest BCUT2D eigenvalue weighted by Crippen LogP contribution is 2.25. The van der Waals surface area contributed by atoms with Crippen LogP contribution in [-0.4, -0.2) is 35.0 Å². The maximum Gasteiger partial charge on any atom is 0.345 e. The molecule has 0 aromatic carbocycles. The Kier molecular flexibility index (Phi) is 4.21. The van der Waals surface area contributed by atoms with Crippen molar-refractivity contribution in [2.75, 3.05) is 13.1 Å². The molecule has 3 N–H and O–H groups in total. The zero-order valence-electron chi connectivity index (χ0n) is 10.9. The molecule has 1 aliphatic rings. The minimum atomic E-state index is -0.869. The van der Waals surface area contributed by atoms with Crippen molar-refractivity contribution in [1.29, 1.82) is 0 Å². The molecule has 1 aromatic heterocycles. The van der Waals surface area contributed by atoms with Gasteiger partial charge in [0.2, 0.25) is 5.91 Å². The van der Waals surface area contributed by atoms with E-state index in [1.807, 2.05) is 6.92 Å². The molecule has 1 aromatic rings. The van der Waals surface area contributed by atoms with Gasteiger partial charge in [0.25, 0.3) is 0 Å². The first-order chi connectivity index (χ1) is 8.97. The van der Waals surface area contributed by atoms with Gasteiger partial charge in [0.15, 0.2) is 0 Å². The molecule has 19 heavy (non-hydrogen) atoms. The average molecular weight is 282 g/mol. The van der Waals surface area contributed by atoms with Crippen LogP contribution in [0.4, 0.5) is 0 Å². The summed E-state index contributed by atoms with van der Waals surface area (Å²) in [5, 5.41) is 8.97. The zero-order valence-corrected chi connectivity index (χ0v) is 11.7. The molecule has 0 aliphatic carbocycles. The lowest BCUT2D eigenvalue weighted by atomic mass is 9.96. The molecular weight excluding hydrogens is 264 g/mol. The van der Waals surface area contributed by atoms with Gasteiger partial charge in [0.1, 0.15) is 4.88 Å². The number of hydrogen-bond acceptors (Lipinski definition) is 4. The van der Waals surface area contributed by atoms with Crippen LogP contribution >= 0.6 is 11.3 Å². The van der Waals surface area contributed by atoms with Gasteiger partial charge < -0.3 is 10.8 Å². The van der Waals surface area contributed by atoms with Crippen LogP contribution in [0, 0.1) is 12.8 Å². The number of nitrogens with zero attached hydrogens (tertiary/aromatic N) is 1. The number of piperidine rings is 1. The fourth-order valence-corrected chi connectivity index (χ4v) is 3.27. The molecule has 2 rings (SSSR count). The van der Waals surface area contributed by atoms with E-state index >= 15 is 0 Å². The number of amides is 1. The molecule has 0 saturated carbocycles. The van der Waals surface area contributed by atoms with Crippen LogP contribution in [0.15, 0.2) is 6.07 Å². The summed E-state index contributed by atoms with van der Waals surface area (Å²) in [7, 11) is 0. The first-order valence-corrected chi connectivity index (χ1v) is 7.13. The Hall–Kier alpha value is -1.40. The molecule has 0 atom stereocenters. The number of rotatable bonds is 4. The Balaban J connectivity index is 1.95. The number of primary amides is 1. The van der Waals surface area contributed by atoms with Gasteiger partial charge >= 0.3 is 5.97 Å². The van der Waals surface area contributed by atoms with Crippen molar-refractivity contribution >= 4 is 23.2 Å². The predicted molar refractivity (Wildman–Crippen MR) is 73.2 cm³/mol. The first-order valence-electron chi connectivity index (χ1n) is 6.31. The Labute approximate surface area is 116 Å². The van der Waals surface area contributed by atoms with Crippen molar-refractivity contribution in [1.82, 2.24) is 4.90 Å². The summed E-state index contributed by atoms with van der Waals surface area (Å²) in [5.74, 6) is -1.08. The number of carbonyl (C=O) groups excluding carboxylic acids is 1. The molecule has 0 unspecified atom stereocenters. The van der Waals surface area contributed by atoms with E-state index in [0.717, 1.165) is 42.9 Å². The molecule has 0 radical (unpaired) electrons. The second-order valence-corrected chi connectivity index (χ2v) is 6.21. The fraction of sp³-hybridized carbons (Fsp3) is 0.538. The van der Waals surface area contributed by atoms with Gasteiger partial charge in [-0.1, -0.05) is 0 Å². The first kappa shape index (κ1) is 14.0. The predicted octanol–water partition coefficient (Wildman–Crippen LogP) is 1.45. The van der Waals surface area contributed by atoms with E-state index in [0.29, 0.717) is 4.88 Å². The molecular formula is C13H18N2O3S. The van der Waals surface area contributed by atoms with Crippen molar-refractivity contribution in [2.45, 2.75) is 26.3 Å². The van der Waals surface area contributed by atoms with E-state index in [-0.39, 0.29) is 11.8 Å². The zero-order chi connectivity index (χ0) is 14.0. The van der Waals surface area contributed by atoms with Crippen molar-refractivity contribution in [3.05, 3.63) is 21.4 Å². The summed E-state index contributed by atoms with van der Waals surface area (Å²) in [6.45, 7) is 4.38. The van der Waals surface area contributed by atoms with Gasteiger partial charge in [-0.3, -0.25) is 9.69 Å². The SMILES string of the molecule is Cc1sc(C(=O)O)cc1CN1CCC(C(N)=O)CC1. The quantitative estimate of drug-likeness (QED) is 0.875. The molecule has 5 nitrogen and oxygen atoms in total. The lowest BCUT2D eigenvalue weighted by Crippen LogP contribution is -2.38. The molecule has 6 heteroatoms. The number of nitrogens with two attached hydrogens (primary N) is 1. The van der Waals surface area contributed by atoms with Gasteiger partial charge in [0.05, 0.1) is 0 Å². The van der Waals surface area contributed by atoms with E-state index in [1.54, 1.807) is 6.07 Å². The Morgan fingerprint density at radius 2 is 2.11 bits per heavy atom. The maximum absolute atomic E-state index is 11.1. The second kappa shape index (κ2) is 5.71. The molecule has 104 valence electrons. The normalized spacial score (nSPS) is 17.5. The maximum atomic E-state index is 11.1.